The largest absolute Gasteiger partial charge is 0.361 e. The van der Waals surface area contributed by atoms with Gasteiger partial charge in [-0.25, -0.2) is 8.42 Å². The van der Waals surface area contributed by atoms with Crippen LogP contribution in [-0.4, -0.2) is 64.6 Å². The number of carbonyl (C=O) groups is 1. The van der Waals surface area contributed by atoms with Gasteiger partial charge in [0.05, 0.1) is 11.9 Å². The molecule has 2 aromatic rings. The van der Waals surface area contributed by atoms with E-state index in [0.717, 1.165) is 0 Å². The van der Waals surface area contributed by atoms with Crippen molar-refractivity contribution in [3.05, 3.63) is 29.4 Å². The molecule has 9 nitrogen and oxygen atoms in total. The minimum Gasteiger partial charge on any atom is -0.361 e. The topological polar surface area (TPSA) is 102 Å². The summed E-state index contributed by atoms with van der Waals surface area (Å²) in [4.78, 5) is 14.6. The number of carbonyl (C=O) groups excluding carboxylic acids is 1. The van der Waals surface area contributed by atoms with Crippen molar-refractivity contribution in [2.24, 2.45) is 7.05 Å². The van der Waals surface area contributed by atoms with Crippen LogP contribution in [0.15, 0.2) is 21.8 Å². The van der Waals surface area contributed by atoms with E-state index in [0.29, 0.717) is 43.1 Å². The molecule has 1 aliphatic heterocycles. The first-order valence-electron chi connectivity index (χ1n) is 8.01. The number of nitrogens with zero attached hydrogens (tertiary/aromatic N) is 5. The van der Waals surface area contributed by atoms with Crippen molar-refractivity contribution in [1.82, 2.24) is 24.1 Å². The quantitative estimate of drug-likeness (QED) is 0.786. The molecule has 136 valence electrons. The average molecular weight is 367 g/mol. The highest BCUT2D eigenvalue weighted by molar-refractivity contribution is 7.89. The summed E-state index contributed by atoms with van der Waals surface area (Å²) < 4.78 is 33.3. The molecule has 0 atom stereocenters. The monoisotopic (exact) mass is 367 g/mol. The summed E-state index contributed by atoms with van der Waals surface area (Å²) in [7, 11) is -1.93. The number of hydrogen-bond donors (Lipinski definition) is 0. The van der Waals surface area contributed by atoms with Crippen LogP contribution in [0.1, 0.15) is 28.2 Å². The molecule has 1 fully saturated rings. The smallest absolute Gasteiger partial charge is 0.259 e. The van der Waals surface area contributed by atoms with Gasteiger partial charge in [0.25, 0.3) is 5.91 Å². The van der Waals surface area contributed by atoms with E-state index in [2.05, 4.69) is 10.3 Å². The highest BCUT2D eigenvalue weighted by Crippen LogP contribution is 2.20. The van der Waals surface area contributed by atoms with E-state index in [1.165, 1.54) is 21.4 Å². The van der Waals surface area contributed by atoms with E-state index < -0.39 is 10.0 Å². The van der Waals surface area contributed by atoms with E-state index in [4.69, 9.17) is 4.52 Å². The fourth-order valence-corrected chi connectivity index (χ4v) is 4.42. The SMILES string of the molecule is Cc1noc(C)c1C(=O)N1CCCN(S(=O)(=O)c2cnn(C)c2)CC1. The van der Waals surface area contributed by atoms with Gasteiger partial charge in [0.2, 0.25) is 10.0 Å². The Morgan fingerprint density at radius 1 is 1.20 bits per heavy atom. The van der Waals surface area contributed by atoms with Crippen molar-refractivity contribution < 1.29 is 17.7 Å². The van der Waals surface area contributed by atoms with Gasteiger partial charge >= 0.3 is 0 Å². The number of rotatable bonds is 3. The second kappa shape index (κ2) is 6.60. The van der Waals surface area contributed by atoms with Crippen LogP contribution in [0, 0.1) is 13.8 Å². The van der Waals surface area contributed by atoms with Crippen molar-refractivity contribution in [1.29, 1.82) is 0 Å². The summed E-state index contributed by atoms with van der Waals surface area (Å²) in [6, 6.07) is 0. The van der Waals surface area contributed by atoms with Gasteiger partial charge in [-0.1, -0.05) is 5.16 Å². The maximum Gasteiger partial charge on any atom is 0.259 e. The predicted molar refractivity (Wildman–Crippen MR) is 88.5 cm³/mol. The molecule has 10 heteroatoms. The first-order valence-corrected chi connectivity index (χ1v) is 9.45. The molecule has 0 saturated carbocycles. The molecule has 0 spiro atoms. The standard InChI is InChI=1S/C15H21N5O4S/c1-11-14(12(2)24-17-11)15(21)19-5-4-6-20(8-7-19)25(22,23)13-9-16-18(3)10-13/h9-10H,4-8H2,1-3H3. The molecule has 1 saturated heterocycles. The van der Waals surface area contributed by atoms with Crippen LogP contribution in [0.4, 0.5) is 0 Å². The minimum atomic E-state index is -3.60. The molecule has 2 aromatic heterocycles. The molecule has 1 amide bonds. The third-order valence-electron chi connectivity index (χ3n) is 4.31. The Labute approximate surface area is 146 Å². The van der Waals surface area contributed by atoms with E-state index >= 15 is 0 Å². The van der Waals surface area contributed by atoms with E-state index in [1.807, 2.05) is 0 Å². The van der Waals surface area contributed by atoms with Gasteiger partial charge in [0.1, 0.15) is 16.2 Å². The van der Waals surface area contributed by atoms with Gasteiger partial charge in [0.15, 0.2) is 0 Å². The average Bonchev–Trinajstić information content (AvgIpc) is 3.03. The molecule has 1 aliphatic rings. The third kappa shape index (κ3) is 3.31. The third-order valence-corrected chi connectivity index (χ3v) is 6.16. The molecule has 0 aromatic carbocycles. The Morgan fingerprint density at radius 3 is 2.56 bits per heavy atom. The number of hydrogen-bond acceptors (Lipinski definition) is 6. The maximum atomic E-state index is 12.7. The van der Waals surface area contributed by atoms with Crippen molar-refractivity contribution in [3.8, 4) is 0 Å². The number of amides is 1. The summed E-state index contributed by atoms with van der Waals surface area (Å²) in [5, 5.41) is 7.74. The molecule has 0 N–H and O–H groups in total. The summed E-state index contributed by atoms with van der Waals surface area (Å²) in [5.41, 5.74) is 1.01. The summed E-state index contributed by atoms with van der Waals surface area (Å²) in [6.07, 6.45) is 3.38. The lowest BCUT2D eigenvalue weighted by Gasteiger charge is -2.21. The Balaban J connectivity index is 1.76. The second-order valence-corrected chi connectivity index (χ2v) is 8.04. The first kappa shape index (κ1) is 17.6. The fourth-order valence-electron chi connectivity index (χ4n) is 2.96. The van der Waals surface area contributed by atoms with Gasteiger partial charge in [0, 0.05) is 39.4 Å². The molecule has 25 heavy (non-hydrogen) atoms. The molecule has 0 unspecified atom stereocenters. The molecular weight excluding hydrogens is 346 g/mol. The highest BCUT2D eigenvalue weighted by atomic mass is 32.2. The van der Waals surface area contributed by atoms with Gasteiger partial charge in [-0.05, 0) is 20.3 Å². The van der Waals surface area contributed by atoms with Crippen molar-refractivity contribution in [2.45, 2.75) is 25.2 Å². The lowest BCUT2D eigenvalue weighted by Crippen LogP contribution is -2.37. The van der Waals surface area contributed by atoms with Crippen LogP contribution in [0.25, 0.3) is 0 Å². The lowest BCUT2D eigenvalue weighted by atomic mass is 10.1. The van der Waals surface area contributed by atoms with E-state index in [9.17, 15) is 13.2 Å². The van der Waals surface area contributed by atoms with Crippen LogP contribution in [0.3, 0.4) is 0 Å². The zero-order valence-electron chi connectivity index (χ0n) is 14.5. The number of aromatic nitrogens is 3. The van der Waals surface area contributed by atoms with Crippen LogP contribution in [0.2, 0.25) is 0 Å². The minimum absolute atomic E-state index is 0.167. The number of sulfonamides is 1. The summed E-state index contributed by atoms with van der Waals surface area (Å²) in [5.74, 6) is 0.309. The Kier molecular flexibility index (Phi) is 4.65. The van der Waals surface area contributed by atoms with Gasteiger partial charge in [-0.3, -0.25) is 9.48 Å². The van der Waals surface area contributed by atoms with E-state index in [-0.39, 0.29) is 17.3 Å². The Morgan fingerprint density at radius 2 is 1.96 bits per heavy atom. The van der Waals surface area contributed by atoms with E-state index in [1.54, 1.807) is 25.8 Å². The Bertz CT molecular complexity index is 866. The highest BCUT2D eigenvalue weighted by Gasteiger charge is 2.30. The second-order valence-electron chi connectivity index (χ2n) is 6.10. The zero-order chi connectivity index (χ0) is 18.2. The van der Waals surface area contributed by atoms with Crippen LogP contribution < -0.4 is 0 Å². The number of aryl methyl sites for hydroxylation is 3. The van der Waals surface area contributed by atoms with Crippen molar-refractivity contribution in [2.75, 3.05) is 26.2 Å². The predicted octanol–water partition coefficient (Wildman–Crippen LogP) is 0.562. The normalized spacial score (nSPS) is 16.8. The lowest BCUT2D eigenvalue weighted by molar-refractivity contribution is 0.0762. The Hall–Kier alpha value is -2.20. The van der Waals surface area contributed by atoms with Gasteiger partial charge in [-0.15, -0.1) is 0 Å². The molecule has 3 heterocycles. The maximum absolute atomic E-state index is 12.7. The van der Waals surface area contributed by atoms with Crippen LogP contribution >= 0.6 is 0 Å². The summed E-state index contributed by atoms with van der Waals surface area (Å²) in [6.45, 7) is 4.84. The summed E-state index contributed by atoms with van der Waals surface area (Å²) >= 11 is 0. The zero-order valence-corrected chi connectivity index (χ0v) is 15.3. The molecule has 0 bridgehead atoms. The van der Waals surface area contributed by atoms with Crippen LogP contribution in [0.5, 0.6) is 0 Å². The van der Waals surface area contributed by atoms with Gasteiger partial charge in [-0.2, -0.15) is 9.40 Å². The molecular formula is C15H21N5O4S. The van der Waals surface area contributed by atoms with Crippen LogP contribution in [-0.2, 0) is 17.1 Å². The van der Waals surface area contributed by atoms with Crippen molar-refractivity contribution >= 4 is 15.9 Å². The van der Waals surface area contributed by atoms with Gasteiger partial charge < -0.3 is 9.42 Å². The molecule has 0 radical (unpaired) electrons. The molecule has 3 rings (SSSR count). The first-order chi connectivity index (χ1) is 11.8. The fraction of sp³-hybridized carbons (Fsp3) is 0.533. The van der Waals surface area contributed by atoms with Crippen molar-refractivity contribution in [3.63, 3.8) is 0 Å². The molecule has 0 aliphatic carbocycles.